The fourth-order valence-corrected chi connectivity index (χ4v) is 2.69. The Morgan fingerprint density at radius 2 is 1.74 bits per heavy atom. The van der Waals surface area contributed by atoms with Crippen molar-refractivity contribution in [2.45, 2.75) is 51.7 Å². The summed E-state index contributed by atoms with van der Waals surface area (Å²) in [5, 5.41) is 3.54. The molecule has 0 spiro atoms. The third-order valence-corrected chi connectivity index (χ3v) is 3.59. The number of hydrogen-bond acceptors (Lipinski definition) is 3. The summed E-state index contributed by atoms with van der Waals surface area (Å²) in [7, 11) is 0. The zero-order valence-corrected chi connectivity index (χ0v) is 12.0. The molecule has 3 nitrogen and oxygen atoms in total. The van der Waals surface area contributed by atoms with Crippen molar-refractivity contribution in [1.29, 1.82) is 0 Å². The zero-order chi connectivity index (χ0) is 13.5. The predicted molar refractivity (Wildman–Crippen MR) is 78.0 cm³/mol. The Labute approximate surface area is 116 Å². The van der Waals surface area contributed by atoms with Crippen LogP contribution in [0.2, 0.25) is 0 Å². The molecule has 1 saturated carbocycles. The normalized spacial score (nSPS) is 23.1. The maximum Gasteiger partial charge on any atom is 0.120 e. The lowest BCUT2D eigenvalue weighted by molar-refractivity contribution is 0.115. The molecule has 1 aromatic rings. The van der Waals surface area contributed by atoms with Crippen LogP contribution in [0.4, 0.5) is 0 Å². The molecule has 1 aliphatic rings. The molecule has 0 aromatic heterocycles. The van der Waals surface area contributed by atoms with E-state index in [2.05, 4.69) is 12.2 Å². The van der Waals surface area contributed by atoms with Gasteiger partial charge >= 0.3 is 0 Å². The summed E-state index contributed by atoms with van der Waals surface area (Å²) in [6.45, 7) is 5.86. The number of benzene rings is 1. The highest BCUT2D eigenvalue weighted by atomic mass is 16.5. The molecule has 0 saturated heterocycles. The molecule has 2 rings (SSSR count). The van der Waals surface area contributed by atoms with Gasteiger partial charge in [0.25, 0.3) is 0 Å². The van der Waals surface area contributed by atoms with Gasteiger partial charge in [0.15, 0.2) is 0 Å². The molecule has 0 bridgehead atoms. The molecular formula is C16H25NO2. The van der Waals surface area contributed by atoms with Crippen LogP contribution in [0.1, 0.15) is 39.5 Å². The first-order chi connectivity index (χ1) is 9.33. The zero-order valence-electron chi connectivity index (χ0n) is 12.0. The van der Waals surface area contributed by atoms with Crippen molar-refractivity contribution < 1.29 is 9.47 Å². The molecule has 1 N–H and O–H groups in total. The van der Waals surface area contributed by atoms with Gasteiger partial charge in [-0.05, 0) is 57.0 Å². The SMILES string of the molecule is CCNC1CCCCC1Oc1ccc(OCC)cc1. The Bertz CT molecular complexity index is 362. The van der Waals surface area contributed by atoms with E-state index in [1.165, 1.54) is 19.3 Å². The van der Waals surface area contributed by atoms with Crippen LogP contribution in [0.5, 0.6) is 11.5 Å². The molecule has 2 atom stereocenters. The Balaban J connectivity index is 1.94. The first-order valence-electron chi connectivity index (χ1n) is 7.46. The monoisotopic (exact) mass is 263 g/mol. The van der Waals surface area contributed by atoms with Crippen molar-refractivity contribution in [2.24, 2.45) is 0 Å². The minimum Gasteiger partial charge on any atom is -0.494 e. The average molecular weight is 263 g/mol. The third-order valence-electron chi connectivity index (χ3n) is 3.59. The van der Waals surface area contributed by atoms with E-state index in [9.17, 15) is 0 Å². The Kier molecular flexibility index (Phi) is 5.52. The molecule has 106 valence electrons. The van der Waals surface area contributed by atoms with Gasteiger partial charge in [0.2, 0.25) is 0 Å². The van der Waals surface area contributed by atoms with E-state index in [1.54, 1.807) is 0 Å². The highest BCUT2D eigenvalue weighted by Crippen LogP contribution is 2.25. The first-order valence-corrected chi connectivity index (χ1v) is 7.46. The molecular weight excluding hydrogens is 238 g/mol. The van der Waals surface area contributed by atoms with Crippen LogP contribution < -0.4 is 14.8 Å². The van der Waals surface area contributed by atoms with Crippen molar-refractivity contribution in [2.75, 3.05) is 13.2 Å². The minimum atomic E-state index is 0.298. The summed E-state index contributed by atoms with van der Waals surface area (Å²) in [4.78, 5) is 0. The van der Waals surface area contributed by atoms with Gasteiger partial charge in [-0.1, -0.05) is 13.3 Å². The number of rotatable bonds is 6. The summed E-state index contributed by atoms with van der Waals surface area (Å²) in [5.74, 6) is 1.85. The van der Waals surface area contributed by atoms with Gasteiger partial charge in [-0.15, -0.1) is 0 Å². The Hall–Kier alpha value is -1.22. The molecule has 19 heavy (non-hydrogen) atoms. The van der Waals surface area contributed by atoms with Gasteiger partial charge in [-0.3, -0.25) is 0 Å². The summed E-state index contributed by atoms with van der Waals surface area (Å²) in [5.41, 5.74) is 0. The van der Waals surface area contributed by atoms with Crippen LogP contribution in [0.25, 0.3) is 0 Å². The van der Waals surface area contributed by atoms with Gasteiger partial charge in [0.05, 0.1) is 6.61 Å². The molecule has 0 amide bonds. The van der Waals surface area contributed by atoms with E-state index in [0.29, 0.717) is 18.8 Å². The van der Waals surface area contributed by atoms with Crippen LogP contribution in [-0.2, 0) is 0 Å². The molecule has 0 radical (unpaired) electrons. The number of likely N-dealkylation sites (N-methyl/N-ethyl adjacent to an activating group) is 1. The highest BCUT2D eigenvalue weighted by molar-refractivity contribution is 5.31. The number of nitrogens with one attached hydrogen (secondary N) is 1. The van der Waals surface area contributed by atoms with Gasteiger partial charge < -0.3 is 14.8 Å². The lowest BCUT2D eigenvalue weighted by Crippen LogP contribution is -2.45. The fourth-order valence-electron chi connectivity index (χ4n) is 2.69. The van der Waals surface area contributed by atoms with E-state index >= 15 is 0 Å². The second-order valence-electron chi connectivity index (χ2n) is 5.01. The topological polar surface area (TPSA) is 30.5 Å². The van der Waals surface area contributed by atoms with Crippen LogP contribution in [0.15, 0.2) is 24.3 Å². The summed E-state index contributed by atoms with van der Waals surface area (Å²) >= 11 is 0. The molecule has 0 aliphatic heterocycles. The first kappa shape index (κ1) is 14.2. The highest BCUT2D eigenvalue weighted by Gasteiger charge is 2.25. The van der Waals surface area contributed by atoms with Crippen molar-refractivity contribution in [1.82, 2.24) is 5.32 Å². The minimum absolute atomic E-state index is 0.298. The maximum atomic E-state index is 6.14. The lowest BCUT2D eigenvalue weighted by Gasteiger charge is -2.32. The largest absolute Gasteiger partial charge is 0.494 e. The molecule has 0 heterocycles. The summed E-state index contributed by atoms with van der Waals surface area (Å²) in [6, 6.07) is 8.45. The second kappa shape index (κ2) is 7.39. The Morgan fingerprint density at radius 1 is 1.05 bits per heavy atom. The lowest BCUT2D eigenvalue weighted by atomic mass is 9.92. The van der Waals surface area contributed by atoms with Crippen molar-refractivity contribution in [3.63, 3.8) is 0 Å². The molecule has 1 aliphatic carbocycles. The van der Waals surface area contributed by atoms with E-state index in [4.69, 9.17) is 9.47 Å². The maximum absolute atomic E-state index is 6.14. The van der Waals surface area contributed by atoms with E-state index in [1.807, 2.05) is 31.2 Å². The van der Waals surface area contributed by atoms with Crippen LogP contribution in [-0.4, -0.2) is 25.3 Å². The molecule has 1 fully saturated rings. The fraction of sp³-hybridized carbons (Fsp3) is 0.625. The Morgan fingerprint density at radius 3 is 2.42 bits per heavy atom. The molecule has 3 heteroatoms. The molecule has 2 unspecified atom stereocenters. The third kappa shape index (κ3) is 4.13. The van der Waals surface area contributed by atoms with Crippen LogP contribution in [0, 0.1) is 0 Å². The van der Waals surface area contributed by atoms with Gasteiger partial charge in [-0.25, -0.2) is 0 Å². The average Bonchev–Trinajstić information content (AvgIpc) is 2.44. The van der Waals surface area contributed by atoms with Gasteiger partial charge in [0, 0.05) is 6.04 Å². The quantitative estimate of drug-likeness (QED) is 0.853. The van der Waals surface area contributed by atoms with Gasteiger partial charge in [-0.2, -0.15) is 0 Å². The van der Waals surface area contributed by atoms with Crippen molar-refractivity contribution in [3.05, 3.63) is 24.3 Å². The van der Waals surface area contributed by atoms with E-state index in [-0.39, 0.29) is 0 Å². The smallest absolute Gasteiger partial charge is 0.120 e. The second-order valence-corrected chi connectivity index (χ2v) is 5.01. The van der Waals surface area contributed by atoms with E-state index in [0.717, 1.165) is 24.5 Å². The van der Waals surface area contributed by atoms with Crippen molar-refractivity contribution in [3.8, 4) is 11.5 Å². The number of hydrogen-bond donors (Lipinski definition) is 1. The van der Waals surface area contributed by atoms with Crippen LogP contribution >= 0.6 is 0 Å². The van der Waals surface area contributed by atoms with Crippen LogP contribution in [0.3, 0.4) is 0 Å². The molecule has 1 aromatic carbocycles. The van der Waals surface area contributed by atoms with Crippen molar-refractivity contribution >= 4 is 0 Å². The summed E-state index contributed by atoms with van der Waals surface area (Å²) in [6.07, 6.45) is 5.23. The standard InChI is InChI=1S/C16H25NO2/c1-3-17-15-7-5-6-8-16(15)19-14-11-9-13(10-12-14)18-4-2/h9-12,15-17H,3-8H2,1-2H3. The summed E-state index contributed by atoms with van der Waals surface area (Å²) < 4.78 is 11.6. The van der Waals surface area contributed by atoms with Gasteiger partial charge in [0.1, 0.15) is 17.6 Å². The number of ether oxygens (including phenoxy) is 2. The van der Waals surface area contributed by atoms with E-state index < -0.39 is 0 Å². The predicted octanol–water partition coefficient (Wildman–Crippen LogP) is 3.38.